The van der Waals surface area contributed by atoms with Crippen LogP contribution in [0.2, 0.25) is 0 Å². The van der Waals surface area contributed by atoms with E-state index in [9.17, 15) is 4.79 Å². The Morgan fingerprint density at radius 3 is 2.16 bits per heavy atom. The first-order valence-electron chi connectivity index (χ1n) is 6.99. The van der Waals surface area contributed by atoms with Gasteiger partial charge in [0.25, 0.3) is 0 Å². The van der Waals surface area contributed by atoms with Gasteiger partial charge >= 0.3 is 0 Å². The molecule has 2 atom stereocenters. The first kappa shape index (κ1) is 19.0. The number of nitrogens with zero attached hydrogens (tertiary/aromatic N) is 1. The standard InChI is InChI=1S/C13H25N3O.2ClH/c1-3-16(4-2)9-13(17)15-12-7-10-5-6-11(8-12)14-10;;/h10-12,14H,3-9H2,1-2H3,(H,15,17);2*1H. The summed E-state index contributed by atoms with van der Waals surface area (Å²) in [5, 5.41) is 6.79. The number of hydrogen-bond acceptors (Lipinski definition) is 3. The molecule has 2 fully saturated rings. The summed E-state index contributed by atoms with van der Waals surface area (Å²) in [5.41, 5.74) is 0. The second-order valence-electron chi connectivity index (χ2n) is 5.34. The zero-order valence-corrected chi connectivity index (χ0v) is 13.5. The highest BCUT2D eigenvalue weighted by Gasteiger charge is 2.33. The molecule has 0 radical (unpaired) electrons. The third-order valence-corrected chi connectivity index (χ3v) is 4.10. The highest BCUT2D eigenvalue weighted by molar-refractivity contribution is 5.85. The number of amides is 1. The number of likely N-dealkylation sites (N-methyl/N-ethyl adjacent to an activating group) is 1. The molecule has 2 bridgehead atoms. The highest BCUT2D eigenvalue weighted by atomic mass is 35.5. The van der Waals surface area contributed by atoms with E-state index in [0.29, 0.717) is 24.7 Å². The van der Waals surface area contributed by atoms with Gasteiger partial charge < -0.3 is 10.6 Å². The third kappa shape index (κ3) is 5.46. The van der Waals surface area contributed by atoms with Gasteiger partial charge in [0.2, 0.25) is 5.91 Å². The SMILES string of the molecule is CCN(CC)CC(=O)NC1CC2CCC(C1)N2.Cl.Cl. The number of piperidine rings is 1. The average molecular weight is 312 g/mol. The van der Waals surface area contributed by atoms with Crippen LogP contribution in [0.1, 0.15) is 39.5 Å². The summed E-state index contributed by atoms with van der Waals surface area (Å²) in [4.78, 5) is 14.1. The lowest BCUT2D eigenvalue weighted by Gasteiger charge is -2.30. The van der Waals surface area contributed by atoms with Crippen LogP contribution in [0.25, 0.3) is 0 Å². The first-order chi connectivity index (χ1) is 8.21. The van der Waals surface area contributed by atoms with E-state index >= 15 is 0 Å². The van der Waals surface area contributed by atoms with Gasteiger partial charge in [0.1, 0.15) is 0 Å². The largest absolute Gasteiger partial charge is 0.352 e. The quantitative estimate of drug-likeness (QED) is 0.810. The summed E-state index contributed by atoms with van der Waals surface area (Å²) < 4.78 is 0. The Morgan fingerprint density at radius 1 is 1.16 bits per heavy atom. The van der Waals surface area contributed by atoms with Crippen molar-refractivity contribution in [3.63, 3.8) is 0 Å². The van der Waals surface area contributed by atoms with Gasteiger partial charge in [0, 0.05) is 18.1 Å². The van der Waals surface area contributed by atoms with Crippen molar-refractivity contribution in [1.29, 1.82) is 0 Å². The Kier molecular flexibility index (Phi) is 8.99. The van der Waals surface area contributed by atoms with Crippen molar-refractivity contribution in [2.45, 2.75) is 57.7 Å². The molecule has 1 amide bonds. The van der Waals surface area contributed by atoms with Crippen molar-refractivity contribution in [3.05, 3.63) is 0 Å². The number of carbonyl (C=O) groups excluding carboxylic acids is 1. The number of carbonyl (C=O) groups is 1. The van der Waals surface area contributed by atoms with Crippen LogP contribution in [-0.4, -0.2) is 48.6 Å². The fraction of sp³-hybridized carbons (Fsp3) is 0.923. The van der Waals surface area contributed by atoms with Crippen molar-refractivity contribution >= 4 is 30.7 Å². The van der Waals surface area contributed by atoms with Crippen LogP contribution >= 0.6 is 24.8 Å². The summed E-state index contributed by atoms with van der Waals surface area (Å²) in [7, 11) is 0. The molecule has 0 saturated carbocycles. The molecule has 0 spiro atoms. The number of halogens is 2. The van der Waals surface area contributed by atoms with Crippen LogP contribution < -0.4 is 10.6 Å². The van der Waals surface area contributed by atoms with Gasteiger partial charge in [-0.2, -0.15) is 0 Å². The van der Waals surface area contributed by atoms with Crippen molar-refractivity contribution in [3.8, 4) is 0 Å². The molecule has 2 heterocycles. The van der Waals surface area contributed by atoms with Crippen LogP contribution in [0.15, 0.2) is 0 Å². The van der Waals surface area contributed by atoms with Crippen LogP contribution in [0.5, 0.6) is 0 Å². The average Bonchev–Trinajstić information content (AvgIpc) is 2.65. The van der Waals surface area contributed by atoms with E-state index in [1.807, 2.05) is 0 Å². The molecule has 4 nitrogen and oxygen atoms in total. The van der Waals surface area contributed by atoms with Crippen LogP contribution in [0, 0.1) is 0 Å². The molecule has 0 aromatic heterocycles. The molecular formula is C13H27Cl2N3O. The van der Waals surface area contributed by atoms with E-state index < -0.39 is 0 Å². The van der Waals surface area contributed by atoms with Gasteiger partial charge in [-0.05, 0) is 38.8 Å². The Hall–Kier alpha value is -0.0300. The van der Waals surface area contributed by atoms with Crippen LogP contribution in [0.3, 0.4) is 0 Å². The molecule has 2 saturated heterocycles. The van der Waals surface area contributed by atoms with Crippen molar-refractivity contribution < 1.29 is 4.79 Å². The number of rotatable bonds is 5. The maximum Gasteiger partial charge on any atom is 0.234 e. The van der Waals surface area contributed by atoms with Crippen LogP contribution in [0.4, 0.5) is 0 Å². The zero-order chi connectivity index (χ0) is 12.3. The Balaban J connectivity index is 0.00000162. The number of nitrogens with one attached hydrogen (secondary N) is 2. The Morgan fingerprint density at radius 2 is 1.68 bits per heavy atom. The molecular weight excluding hydrogens is 285 g/mol. The van der Waals surface area contributed by atoms with E-state index in [4.69, 9.17) is 0 Å². The molecule has 19 heavy (non-hydrogen) atoms. The first-order valence-corrected chi connectivity index (χ1v) is 6.99. The Labute approximate surface area is 128 Å². The summed E-state index contributed by atoms with van der Waals surface area (Å²) in [5.74, 6) is 0.194. The minimum absolute atomic E-state index is 0. The molecule has 6 heteroatoms. The molecule has 2 rings (SSSR count). The van der Waals surface area contributed by atoms with Gasteiger partial charge in [-0.15, -0.1) is 24.8 Å². The Bertz CT molecular complexity index is 263. The van der Waals surface area contributed by atoms with Crippen molar-refractivity contribution in [2.24, 2.45) is 0 Å². The second kappa shape index (κ2) is 9.01. The fourth-order valence-corrected chi connectivity index (χ4v) is 3.10. The predicted octanol–water partition coefficient (Wildman–Crippen LogP) is 1.57. The normalized spacial score (nSPS) is 28.5. The van der Waals surface area contributed by atoms with Gasteiger partial charge in [-0.25, -0.2) is 0 Å². The van der Waals surface area contributed by atoms with Crippen molar-refractivity contribution in [1.82, 2.24) is 15.5 Å². The summed E-state index contributed by atoms with van der Waals surface area (Å²) in [6.45, 7) is 6.64. The maximum absolute atomic E-state index is 11.9. The maximum atomic E-state index is 11.9. The molecule has 2 aliphatic heterocycles. The molecule has 0 aliphatic carbocycles. The topological polar surface area (TPSA) is 44.4 Å². The summed E-state index contributed by atoms with van der Waals surface area (Å²) in [6, 6.07) is 1.69. The van der Waals surface area contributed by atoms with Gasteiger partial charge in [-0.3, -0.25) is 9.69 Å². The smallest absolute Gasteiger partial charge is 0.234 e. The van der Waals surface area contributed by atoms with Gasteiger partial charge in [0.05, 0.1) is 6.54 Å². The monoisotopic (exact) mass is 311 g/mol. The number of hydrogen-bond donors (Lipinski definition) is 2. The van der Waals surface area contributed by atoms with E-state index in [2.05, 4.69) is 29.4 Å². The summed E-state index contributed by atoms with van der Waals surface area (Å²) in [6.07, 6.45) is 4.79. The molecule has 2 unspecified atom stereocenters. The fourth-order valence-electron chi connectivity index (χ4n) is 3.10. The number of fused-ring (bicyclic) bond motifs is 2. The second-order valence-corrected chi connectivity index (χ2v) is 5.34. The lowest BCUT2D eigenvalue weighted by atomic mass is 10.00. The minimum atomic E-state index is 0. The lowest BCUT2D eigenvalue weighted by Crippen LogP contribution is -2.50. The van der Waals surface area contributed by atoms with E-state index in [1.54, 1.807) is 0 Å². The molecule has 0 aromatic carbocycles. The van der Waals surface area contributed by atoms with E-state index in [1.165, 1.54) is 12.8 Å². The lowest BCUT2D eigenvalue weighted by molar-refractivity contribution is -0.123. The highest BCUT2D eigenvalue weighted by Crippen LogP contribution is 2.26. The van der Waals surface area contributed by atoms with Crippen LogP contribution in [-0.2, 0) is 4.79 Å². The van der Waals surface area contributed by atoms with Gasteiger partial charge in [-0.1, -0.05) is 13.8 Å². The zero-order valence-electron chi connectivity index (χ0n) is 11.9. The van der Waals surface area contributed by atoms with E-state index in [0.717, 1.165) is 25.9 Å². The molecule has 2 N–H and O–H groups in total. The molecule has 114 valence electrons. The van der Waals surface area contributed by atoms with Gasteiger partial charge in [0.15, 0.2) is 0 Å². The predicted molar refractivity (Wildman–Crippen MR) is 83.4 cm³/mol. The van der Waals surface area contributed by atoms with Crippen molar-refractivity contribution in [2.75, 3.05) is 19.6 Å². The summed E-state index contributed by atoms with van der Waals surface area (Å²) >= 11 is 0. The third-order valence-electron chi connectivity index (χ3n) is 4.10. The molecule has 0 aromatic rings. The van der Waals surface area contributed by atoms with E-state index in [-0.39, 0.29) is 30.7 Å². The molecule has 2 aliphatic rings. The minimum Gasteiger partial charge on any atom is -0.352 e.